The number of halogens is 3. The predicted octanol–water partition coefficient (Wildman–Crippen LogP) is 4.80. The van der Waals surface area contributed by atoms with Crippen LogP contribution < -0.4 is 0 Å². The van der Waals surface area contributed by atoms with Crippen LogP contribution in [0.1, 0.15) is 23.2 Å². The van der Waals surface area contributed by atoms with Crippen molar-refractivity contribution >= 4 is 40.6 Å². The molecule has 0 saturated carbocycles. The molecule has 0 atom stereocenters. The first-order chi connectivity index (χ1) is 7.06. The van der Waals surface area contributed by atoms with Crippen LogP contribution in [-0.4, -0.2) is 5.78 Å². The van der Waals surface area contributed by atoms with Crippen molar-refractivity contribution in [3.8, 4) is 0 Å². The van der Waals surface area contributed by atoms with Crippen molar-refractivity contribution in [2.75, 3.05) is 0 Å². The molecule has 0 aromatic heterocycles. The lowest BCUT2D eigenvalue weighted by molar-refractivity contribution is 0.0984. The molecule has 0 amide bonds. The van der Waals surface area contributed by atoms with Crippen LogP contribution in [0.25, 0.3) is 0 Å². The molecule has 0 aliphatic carbocycles. The summed E-state index contributed by atoms with van der Waals surface area (Å²) in [6.45, 7) is 3.55. The van der Waals surface area contributed by atoms with Gasteiger partial charge in [0.15, 0.2) is 5.78 Å². The molecule has 0 unspecified atom stereocenters. The third-order valence-corrected chi connectivity index (χ3v) is 2.89. The largest absolute Gasteiger partial charge is 0.294 e. The van der Waals surface area contributed by atoms with Gasteiger partial charge in [0.05, 0.1) is 10.0 Å². The Labute approximate surface area is 104 Å². The highest BCUT2D eigenvalue weighted by Crippen LogP contribution is 2.30. The summed E-state index contributed by atoms with van der Waals surface area (Å²) in [6.07, 6.45) is 2.65. The van der Waals surface area contributed by atoms with Crippen molar-refractivity contribution in [3.63, 3.8) is 0 Å². The monoisotopic (exact) mass is 262 g/mol. The predicted molar refractivity (Wildman–Crippen MR) is 65.2 cm³/mol. The Morgan fingerprint density at radius 1 is 1.33 bits per heavy atom. The van der Waals surface area contributed by atoms with Gasteiger partial charge >= 0.3 is 0 Å². The van der Waals surface area contributed by atoms with Gasteiger partial charge in [-0.15, -0.1) is 6.58 Å². The lowest BCUT2D eigenvalue weighted by Gasteiger charge is -2.05. The summed E-state index contributed by atoms with van der Waals surface area (Å²) in [5.41, 5.74) is 0.371. The van der Waals surface area contributed by atoms with Crippen molar-refractivity contribution < 1.29 is 4.79 Å². The quantitative estimate of drug-likeness (QED) is 0.433. The van der Waals surface area contributed by atoms with Gasteiger partial charge in [0.25, 0.3) is 0 Å². The van der Waals surface area contributed by atoms with Crippen LogP contribution in [0.5, 0.6) is 0 Å². The van der Waals surface area contributed by atoms with E-state index in [0.29, 0.717) is 28.5 Å². The Morgan fingerprint density at radius 2 is 2.00 bits per heavy atom. The van der Waals surface area contributed by atoms with E-state index in [1.165, 1.54) is 12.1 Å². The van der Waals surface area contributed by atoms with E-state index in [-0.39, 0.29) is 10.8 Å². The molecule has 1 aromatic carbocycles. The third kappa shape index (κ3) is 3.23. The molecule has 1 nitrogen and oxygen atoms in total. The van der Waals surface area contributed by atoms with Gasteiger partial charge < -0.3 is 0 Å². The number of carbonyl (C=O) groups excluding carboxylic acids is 1. The van der Waals surface area contributed by atoms with E-state index >= 15 is 0 Å². The molecule has 1 rings (SSSR count). The fourth-order valence-corrected chi connectivity index (χ4v) is 1.83. The summed E-state index contributed by atoms with van der Waals surface area (Å²) >= 11 is 17.5. The molecule has 80 valence electrons. The van der Waals surface area contributed by atoms with E-state index < -0.39 is 0 Å². The minimum Gasteiger partial charge on any atom is -0.294 e. The molecule has 0 spiro atoms. The first kappa shape index (κ1) is 12.6. The Kier molecular flexibility index (Phi) is 4.65. The van der Waals surface area contributed by atoms with Crippen LogP contribution in [0.15, 0.2) is 24.8 Å². The zero-order chi connectivity index (χ0) is 11.4. The number of ketones is 1. The Hall–Kier alpha value is -0.500. The number of rotatable bonds is 4. The summed E-state index contributed by atoms with van der Waals surface area (Å²) in [5.74, 6) is -0.0794. The minimum absolute atomic E-state index is 0.0794. The zero-order valence-electron chi connectivity index (χ0n) is 7.90. The van der Waals surface area contributed by atoms with E-state index in [1.54, 1.807) is 6.08 Å². The van der Waals surface area contributed by atoms with E-state index in [0.717, 1.165) is 0 Å². The van der Waals surface area contributed by atoms with Crippen LogP contribution in [0.3, 0.4) is 0 Å². The summed E-state index contributed by atoms with van der Waals surface area (Å²) in [6, 6.07) is 3.04. The van der Waals surface area contributed by atoms with Gasteiger partial charge in [0.2, 0.25) is 0 Å². The second-order valence-corrected chi connectivity index (χ2v) is 4.22. The molecule has 0 N–H and O–H groups in total. The lowest BCUT2D eigenvalue weighted by Crippen LogP contribution is -1.99. The van der Waals surface area contributed by atoms with Gasteiger partial charge in [-0.2, -0.15) is 0 Å². The summed E-state index contributed by atoms with van der Waals surface area (Å²) in [5, 5.41) is 0.965. The van der Waals surface area contributed by atoms with Crippen LogP contribution in [0.4, 0.5) is 0 Å². The van der Waals surface area contributed by atoms with Crippen molar-refractivity contribution in [2.45, 2.75) is 12.8 Å². The van der Waals surface area contributed by atoms with E-state index in [1.807, 2.05) is 0 Å². The number of benzene rings is 1. The molecule has 0 aliphatic heterocycles. The highest BCUT2D eigenvalue weighted by molar-refractivity contribution is 6.45. The molecule has 0 fully saturated rings. The van der Waals surface area contributed by atoms with E-state index in [4.69, 9.17) is 34.8 Å². The number of carbonyl (C=O) groups is 1. The first-order valence-electron chi connectivity index (χ1n) is 4.35. The smallest absolute Gasteiger partial charge is 0.164 e. The molecule has 0 saturated heterocycles. The van der Waals surface area contributed by atoms with Gasteiger partial charge in [-0.3, -0.25) is 4.79 Å². The number of Topliss-reactive ketones (excluding diaryl/α,β-unsaturated/α-hetero) is 1. The Bertz CT molecular complexity index is 399. The molecule has 0 heterocycles. The van der Waals surface area contributed by atoms with Crippen LogP contribution in [-0.2, 0) is 0 Å². The highest BCUT2D eigenvalue weighted by atomic mass is 35.5. The minimum atomic E-state index is -0.0794. The maximum atomic E-state index is 11.7. The van der Waals surface area contributed by atoms with E-state index in [9.17, 15) is 4.79 Å². The summed E-state index contributed by atoms with van der Waals surface area (Å²) in [4.78, 5) is 11.7. The maximum Gasteiger partial charge on any atom is 0.164 e. The standard InChI is InChI=1S/C11H9Cl3O/c1-2-3-4-10(15)8-5-7(12)6-9(13)11(8)14/h2,5-6H,1,3-4H2. The van der Waals surface area contributed by atoms with Gasteiger partial charge in [-0.05, 0) is 18.6 Å². The second kappa shape index (κ2) is 5.55. The fraction of sp³-hybridized carbons (Fsp3) is 0.182. The molecule has 4 heteroatoms. The topological polar surface area (TPSA) is 17.1 Å². The van der Waals surface area contributed by atoms with Crippen molar-refractivity contribution in [1.82, 2.24) is 0 Å². The van der Waals surface area contributed by atoms with Crippen molar-refractivity contribution in [1.29, 1.82) is 0 Å². The molecule has 0 radical (unpaired) electrons. The van der Waals surface area contributed by atoms with Gasteiger partial charge in [-0.25, -0.2) is 0 Å². The zero-order valence-corrected chi connectivity index (χ0v) is 10.2. The van der Waals surface area contributed by atoms with Crippen LogP contribution >= 0.6 is 34.8 Å². The van der Waals surface area contributed by atoms with Gasteiger partial charge in [0, 0.05) is 17.0 Å². The van der Waals surface area contributed by atoms with Gasteiger partial charge in [0.1, 0.15) is 0 Å². The maximum absolute atomic E-state index is 11.7. The average Bonchev–Trinajstić information content (AvgIpc) is 2.19. The summed E-state index contributed by atoms with van der Waals surface area (Å²) in [7, 11) is 0. The second-order valence-electron chi connectivity index (χ2n) is 3.00. The summed E-state index contributed by atoms with van der Waals surface area (Å²) < 4.78 is 0. The van der Waals surface area contributed by atoms with Crippen molar-refractivity contribution in [2.24, 2.45) is 0 Å². The fourth-order valence-electron chi connectivity index (χ4n) is 1.13. The SMILES string of the molecule is C=CCCC(=O)c1cc(Cl)cc(Cl)c1Cl. The molecular weight excluding hydrogens is 254 g/mol. The number of hydrogen-bond acceptors (Lipinski definition) is 1. The molecular formula is C11H9Cl3O. The van der Waals surface area contributed by atoms with E-state index in [2.05, 4.69) is 6.58 Å². The molecule has 1 aromatic rings. The number of hydrogen-bond donors (Lipinski definition) is 0. The normalized spacial score (nSPS) is 10.1. The van der Waals surface area contributed by atoms with Crippen LogP contribution in [0, 0.1) is 0 Å². The molecule has 15 heavy (non-hydrogen) atoms. The lowest BCUT2D eigenvalue weighted by atomic mass is 10.1. The highest BCUT2D eigenvalue weighted by Gasteiger charge is 2.13. The van der Waals surface area contributed by atoms with Crippen molar-refractivity contribution in [3.05, 3.63) is 45.4 Å². The number of allylic oxidation sites excluding steroid dienone is 1. The third-order valence-electron chi connectivity index (χ3n) is 1.87. The Balaban J connectivity index is 3.02. The van der Waals surface area contributed by atoms with Crippen LogP contribution in [0.2, 0.25) is 15.1 Å². The molecule has 0 bridgehead atoms. The Morgan fingerprint density at radius 3 is 2.60 bits per heavy atom. The average molecular weight is 264 g/mol. The molecule has 0 aliphatic rings. The van der Waals surface area contributed by atoms with Gasteiger partial charge in [-0.1, -0.05) is 40.9 Å². The first-order valence-corrected chi connectivity index (χ1v) is 5.48.